The highest BCUT2D eigenvalue weighted by Crippen LogP contribution is 2.23. The highest BCUT2D eigenvalue weighted by molar-refractivity contribution is 5.01. The summed E-state index contributed by atoms with van der Waals surface area (Å²) in [6.45, 7) is -0.533. The van der Waals surface area contributed by atoms with Crippen molar-refractivity contribution in [2.24, 2.45) is 0 Å². The Morgan fingerprint density at radius 2 is 2.27 bits per heavy atom. The molecule has 0 unspecified atom stereocenters. The van der Waals surface area contributed by atoms with Crippen LogP contribution in [0.25, 0.3) is 0 Å². The summed E-state index contributed by atoms with van der Waals surface area (Å²) in [6.07, 6.45) is -3.46. The van der Waals surface area contributed by atoms with E-state index < -0.39 is 24.9 Å². The van der Waals surface area contributed by atoms with E-state index in [1.165, 1.54) is 0 Å². The summed E-state index contributed by atoms with van der Waals surface area (Å²) in [5.41, 5.74) is 0. The minimum Gasteiger partial charge on any atom is -0.394 e. The highest BCUT2D eigenvalue weighted by Gasteiger charge is 2.39. The molecule has 4 N–H and O–H groups in total. The molecule has 1 radical (unpaired) electrons. The van der Waals surface area contributed by atoms with E-state index in [1.54, 1.807) is 0 Å². The number of hydrogen-bond acceptors (Lipinski definition) is 5. The Morgan fingerprint density at radius 3 is 2.64 bits per heavy atom. The predicted molar refractivity (Wildman–Crippen MR) is 34.0 cm³/mol. The lowest BCUT2D eigenvalue weighted by atomic mass is 10.1. The zero-order chi connectivity index (χ0) is 8.43. The molecule has 1 rings (SSSR count). The van der Waals surface area contributed by atoms with Crippen LogP contribution in [0.1, 0.15) is 0 Å². The minimum absolute atomic E-state index is 0.0342. The summed E-state index contributed by atoms with van der Waals surface area (Å²) in [5.74, 6) is 0. The standard InChI is InChI=1S/C6H11O5/c7-1-3(8)6-5(10)4(9)2-11-6/h3-4,6-10H,1-2H2/t3-,4-,6-/m1/s1. The van der Waals surface area contributed by atoms with Gasteiger partial charge in [-0.15, -0.1) is 0 Å². The third kappa shape index (κ3) is 1.69. The summed E-state index contributed by atoms with van der Waals surface area (Å²) in [7, 11) is 0. The molecule has 1 heterocycles. The Morgan fingerprint density at radius 1 is 1.64 bits per heavy atom. The van der Waals surface area contributed by atoms with Gasteiger partial charge in [-0.3, -0.25) is 0 Å². The van der Waals surface area contributed by atoms with Gasteiger partial charge >= 0.3 is 0 Å². The number of rotatable bonds is 2. The first-order chi connectivity index (χ1) is 5.16. The monoisotopic (exact) mass is 163 g/mol. The SMILES string of the molecule is OC[C@@H](O)[C@H]1OC[C@@H](O)[C]1O. The van der Waals surface area contributed by atoms with Gasteiger partial charge in [-0.05, 0) is 0 Å². The molecule has 1 aliphatic rings. The van der Waals surface area contributed by atoms with Crippen LogP contribution in [0, 0.1) is 6.10 Å². The molecular formula is C6H11O5. The maximum atomic E-state index is 9.03. The van der Waals surface area contributed by atoms with Crippen molar-refractivity contribution in [2.75, 3.05) is 13.2 Å². The number of aliphatic hydroxyl groups is 4. The Hall–Kier alpha value is -0.200. The van der Waals surface area contributed by atoms with Crippen LogP contribution in [0.15, 0.2) is 0 Å². The number of aliphatic hydroxyl groups excluding tert-OH is 4. The van der Waals surface area contributed by atoms with Crippen LogP contribution in [0.2, 0.25) is 0 Å². The zero-order valence-corrected chi connectivity index (χ0v) is 5.84. The third-order valence-corrected chi connectivity index (χ3v) is 1.60. The summed E-state index contributed by atoms with van der Waals surface area (Å²) >= 11 is 0. The van der Waals surface area contributed by atoms with Crippen molar-refractivity contribution < 1.29 is 25.2 Å². The van der Waals surface area contributed by atoms with E-state index in [-0.39, 0.29) is 12.7 Å². The highest BCUT2D eigenvalue weighted by atomic mass is 16.5. The quantitative estimate of drug-likeness (QED) is 0.378. The van der Waals surface area contributed by atoms with E-state index in [0.29, 0.717) is 0 Å². The van der Waals surface area contributed by atoms with Crippen molar-refractivity contribution in [3.63, 3.8) is 0 Å². The van der Waals surface area contributed by atoms with Gasteiger partial charge in [0.2, 0.25) is 0 Å². The largest absolute Gasteiger partial charge is 0.394 e. The van der Waals surface area contributed by atoms with Gasteiger partial charge in [-0.2, -0.15) is 0 Å². The van der Waals surface area contributed by atoms with Crippen molar-refractivity contribution >= 4 is 0 Å². The van der Waals surface area contributed by atoms with Crippen LogP contribution >= 0.6 is 0 Å². The van der Waals surface area contributed by atoms with Crippen LogP contribution in [-0.4, -0.2) is 52.0 Å². The van der Waals surface area contributed by atoms with Crippen LogP contribution < -0.4 is 0 Å². The fraction of sp³-hybridized carbons (Fsp3) is 0.833. The van der Waals surface area contributed by atoms with Gasteiger partial charge in [-0.1, -0.05) is 0 Å². The first-order valence-electron chi connectivity index (χ1n) is 3.31. The third-order valence-electron chi connectivity index (χ3n) is 1.60. The smallest absolute Gasteiger partial charge is 0.155 e. The fourth-order valence-corrected chi connectivity index (χ4v) is 0.959. The van der Waals surface area contributed by atoms with Crippen LogP contribution in [-0.2, 0) is 4.74 Å². The molecule has 0 aromatic heterocycles. The molecule has 0 aromatic rings. The van der Waals surface area contributed by atoms with Crippen LogP contribution in [0.5, 0.6) is 0 Å². The second-order valence-electron chi connectivity index (χ2n) is 2.44. The second kappa shape index (κ2) is 3.46. The average Bonchev–Trinajstić information content (AvgIpc) is 2.32. The molecule has 5 heteroatoms. The Labute approximate surface area is 63.8 Å². The predicted octanol–water partition coefficient (Wildman–Crippen LogP) is -2.00. The molecule has 0 spiro atoms. The van der Waals surface area contributed by atoms with E-state index >= 15 is 0 Å². The van der Waals surface area contributed by atoms with Crippen molar-refractivity contribution in [3.05, 3.63) is 6.10 Å². The van der Waals surface area contributed by atoms with Crippen molar-refractivity contribution in [2.45, 2.75) is 18.3 Å². The normalized spacial score (nSPS) is 36.0. The molecule has 1 aliphatic heterocycles. The Bertz CT molecular complexity index is 128. The molecule has 0 saturated carbocycles. The van der Waals surface area contributed by atoms with E-state index in [0.717, 1.165) is 0 Å². The molecule has 0 aliphatic carbocycles. The minimum atomic E-state index is -1.16. The zero-order valence-electron chi connectivity index (χ0n) is 5.84. The van der Waals surface area contributed by atoms with Crippen LogP contribution in [0.4, 0.5) is 0 Å². The van der Waals surface area contributed by atoms with Gasteiger partial charge in [0, 0.05) is 0 Å². The summed E-state index contributed by atoms with van der Waals surface area (Å²) in [6, 6.07) is 0. The van der Waals surface area contributed by atoms with E-state index in [4.69, 9.17) is 25.2 Å². The molecule has 0 amide bonds. The first-order valence-corrected chi connectivity index (χ1v) is 3.31. The molecule has 0 aromatic carbocycles. The average molecular weight is 163 g/mol. The summed E-state index contributed by atoms with van der Waals surface area (Å²) < 4.78 is 4.78. The Kier molecular flexibility index (Phi) is 2.80. The van der Waals surface area contributed by atoms with Crippen molar-refractivity contribution in [3.8, 4) is 0 Å². The Balaban J connectivity index is 2.47. The van der Waals surface area contributed by atoms with Gasteiger partial charge in [0.05, 0.1) is 13.2 Å². The first kappa shape index (κ1) is 8.89. The topological polar surface area (TPSA) is 90.2 Å². The molecule has 65 valence electrons. The van der Waals surface area contributed by atoms with Gasteiger partial charge in [0.15, 0.2) is 6.10 Å². The van der Waals surface area contributed by atoms with E-state index in [2.05, 4.69) is 0 Å². The molecule has 5 nitrogen and oxygen atoms in total. The summed E-state index contributed by atoms with van der Waals surface area (Å²) in [5, 5.41) is 35.4. The lowest BCUT2D eigenvalue weighted by Gasteiger charge is -2.17. The lowest BCUT2D eigenvalue weighted by molar-refractivity contribution is -0.0395. The number of ether oxygens (including phenoxy) is 1. The van der Waals surface area contributed by atoms with Gasteiger partial charge < -0.3 is 25.2 Å². The molecule has 0 bridgehead atoms. The maximum absolute atomic E-state index is 9.03. The fourth-order valence-electron chi connectivity index (χ4n) is 0.959. The van der Waals surface area contributed by atoms with E-state index in [1.807, 2.05) is 0 Å². The molecule has 11 heavy (non-hydrogen) atoms. The molecule has 1 saturated heterocycles. The lowest BCUT2D eigenvalue weighted by Crippen LogP contribution is -2.34. The van der Waals surface area contributed by atoms with E-state index in [9.17, 15) is 0 Å². The molecular weight excluding hydrogens is 152 g/mol. The van der Waals surface area contributed by atoms with Crippen LogP contribution in [0.3, 0.4) is 0 Å². The summed E-state index contributed by atoms with van der Waals surface area (Å²) in [4.78, 5) is 0. The molecule has 3 atom stereocenters. The van der Waals surface area contributed by atoms with Gasteiger partial charge in [-0.25, -0.2) is 0 Å². The van der Waals surface area contributed by atoms with Crippen molar-refractivity contribution in [1.29, 1.82) is 0 Å². The molecule has 1 fully saturated rings. The van der Waals surface area contributed by atoms with Crippen molar-refractivity contribution in [1.82, 2.24) is 0 Å². The maximum Gasteiger partial charge on any atom is 0.155 e. The second-order valence-corrected chi connectivity index (χ2v) is 2.44. The van der Waals surface area contributed by atoms with Gasteiger partial charge in [0.1, 0.15) is 18.3 Å². The number of hydrogen-bond donors (Lipinski definition) is 4. The van der Waals surface area contributed by atoms with Gasteiger partial charge in [0.25, 0.3) is 0 Å².